The number of hydrogen-bond acceptors (Lipinski definition) is 6. The van der Waals surface area contributed by atoms with Gasteiger partial charge in [-0.15, -0.1) is 0 Å². The molecule has 0 bridgehead atoms. The average Bonchev–Trinajstić information content (AvgIpc) is 3.35. The summed E-state index contributed by atoms with van der Waals surface area (Å²) in [4.78, 5) is 39.5. The Morgan fingerprint density at radius 1 is 1.11 bits per heavy atom. The third-order valence-electron chi connectivity index (χ3n) is 5.86. The summed E-state index contributed by atoms with van der Waals surface area (Å²) in [5.74, 6) is -0.886. The van der Waals surface area contributed by atoms with Crippen LogP contribution in [0.5, 0.6) is 0 Å². The van der Waals surface area contributed by atoms with Gasteiger partial charge in [-0.3, -0.25) is 14.5 Å². The van der Waals surface area contributed by atoms with Gasteiger partial charge in [0.05, 0.1) is 12.7 Å². The highest BCUT2D eigenvalue weighted by Gasteiger charge is 2.35. The fraction of sp³-hybridized carbons (Fsp3) is 0.143. The van der Waals surface area contributed by atoms with Crippen LogP contribution in [0, 0.1) is 11.3 Å². The van der Waals surface area contributed by atoms with Crippen LogP contribution in [0.25, 0.3) is 17.4 Å². The quantitative estimate of drug-likeness (QED) is 0.236. The second-order valence-corrected chi connectivity index (χ2v) is 8.97. The van der Waals surface area contributed by atoms with Gasteiger partial charge in [-0.1, -0.05) is 46.3 Å². The van der Waals surface area contributed by atoms with E-state index in [1.54, 1.807) is 37.3 Å². The Hall–Kier alpha value is -4.22. The molecule has 0 unspecified atom stereocenters. The number of benzene rings is 2. The molecule has 0 saturated heterocycles. The van der Waals surface area contributed by atoms with Crippen LogP contribution in [0.3, 0.4) is 0 Å². The van der Waals surface area contributed by atoms with Crippen LogP contribution in [0.15, 0.2) is 86.3 Å². The number of furan rings is 1. The summed E-state index contributed by atoms with van der Waals surface area (Å²) < 4.78 is 11.5. The third kappa shape index (κ3) is 4.92. The lowest BCUT2D eigenvalue weighted by molar-refractivity contribution is -0.140. The summed E-state index contributed by atoms with van der Waals surface area (Å²) in [6.45, 7) is 1.71. The van der Waals surface area contributed by atoms with Crippen LogP contribution < -0.4 is 0 Å². The molecule has 8 heteroatoms. The smallest absolute Gasteiger partial charge is 0.338 e. The van der Waals surface area contributed by atoms with Crippen molar-refractivity contribution in [3.8, 4) is 17.4 Å². The lowest BCUT2D eigenvalue weighted by atomic mass is 9.94. The van der Waals surface area contributed by atoms with Gasteiger partial charge in [-0.25, -0.2) is 4.79 Å². The number of ether oxygens (including phenoxy) is 1. The minimum Gasteiger partial charge on any atom is -0.465 e. The Labute approximate surface area is 216 Å². The summed E-state index contributed by atoms with van der Waals surface area (Å²) >= 11 is 3.35. The Bertz CT molecular complexity index is 1460. The van der Waals surface area contributed by atoms with Crippen LogP contribution in [0.4, 0.5) is 0 Å². The molecule has 1 aromatic heterocycles. The van der Waals surface area contributed by atoms with Gasteiger partial charge < -0.3 is 9.15 Å². The zero-order valence-electron chi connectivity index (χ0n) is 19.6. The molecule has 2 amide bonds. The van der Waals surface area contributed by atoms with Crippen LogP contribution in [0.2, 0.25) is 0 Å². The highest BCUT2D eigenvalue weighted by atomic mass is 79.9. The minimum absolute atomic E-state index is 0.0819. The van der Waals surface area contributed by atoms with Crippen molar-refractivity contribution in [2.45, 2.75) is 13.3 Å². The van der Waals surface area contributed by atoms with Crippen LogP contribution in [0.1, 0.15) is 28.6 Å². The van der Waals surface area contributed by atoms with E-state index in [2.05, 4.69) is 15.9 Å². The second-order valence-electron chi connectivity index (χ2n) is 8.05. The van der Waals surface area contributed by atoms with Gasteiger partial charge in [0.25, 0.3) is 11.8 Å². The highest BCUT2D eigenvalue weighted by molar-refractivity contribution is 9.10. The van der Waals surface area contributed by atoms with Crippen molar-refractivity contribution in [3.05, 3.63) is 98.7 Å². The number of methoxy groups -OCH3 is 1. The lowest BCUT2D eigenvalue weighted by Crippen LogP contribution is -2.43. The highest BCUT2D eigenvalue weighted by Crippen LogP contribution is 2.32. The second kappa shape index (κ2) is 10.6. The van der Waals surface area contributed by atoms with E-state index in [1.165, 1.54) is 13.2 Å². The number of rotatable bonds is 6. The van der Waals surface area contributed by atoms with Crippen molar-refractivity contribution in [3.63, 3.8) is 0 Å². The summed E-state index contributed by atoms with van der Waals surface area (Å²) in [5, 5.41) is 9.62. The van der Waals surface area contributed by atoms with E-state index in [1.807, 2.05) is 36.4 Å². The van der Waals surface area contributed by atoms with Crippen molar-refractivity contribution in [2.75, 3.05) is 13.7 Å². The van der Waals surface area contributed by atoms with E-state index >= 15 is 0 Å². The summed E-state index contributed by atoms with van der Waals surface area (Å²) in [7, 11) is 1.30. The van der Waals surface area contributed by atoms with E-state index in [0.29, 0.717) is 39.1 Å². The van der Waals surface area contributed by atoms with Crippen molar-refractivity contribution in [2.24, 2.45) is 0 Å². The molecule has 3 aromatic rings. The van der Waals surface area contributed by atoms with Gasteiger partial charge in [0.15, 0.2) is 0 Å². The number of nitriles is 1. The summed E-state index contributed by atoms with van der Waals surface area (Å²) in [6.07, 6.45) is 1.98. The normalized spacial score (nSPS) is 14.8. The number of halogens is 1. The van der Waals surface area contributed by atoms with Crippen LogP contribution >= 0.6 is 15.9 Å². The SMILES string of the molecule is COC(=O)c1cc(Br)ccc1-c1ccc(/C=C2\C(=O)N(CCc3ccccc3)C(=O)C(C#N)=C2C)o1. The predicted molar refractivity (Wildman–Crippen MR) is 136 cm³/mol. The van der Waals surface area contributed by atoms with Crippen LogP contribution in [-0.2, 0) is 20.7 Å². The molecule has 0 fully saturated rings. The van der Waals surface area contributed by atoms with Crippen LogP contribution in [-0.4, -0.2) is 36.3 Å². The molecule has 180 valence electrons. The molecule has 2 aromatic carbocycles. The number of carbonyl (C=O) groups excluding carboxylic acids is 3. The number of hydrogen-bond donors (Lipinski definition) is 0. The first kappa shape index (κ1) is 24.9. The molecule has 4 rings (SSSR count). The molecule has 0 radical (unpaired) electrons. The van der Waals surface area contributed by atoms with Crippen molar-refractivity contribution >= 4 is 39.8 Å². The fourth-order valence-corrected chi connectivity index (χ4v) is 4.31. The third-order valence-corrected chi connectivity index (χ3v) is 6.35. The molecule has 1 aliphatic rings. The number of nitrogens with zero attached hydrogens (tertiary/aromatic N) is 2. The first-order chi connectivity index (χ1) is 17.3. The fourth-order valence-electron chi connectivity index (χ4n) is 3.95. The Morgan fingerprint density at radius 3 is 2.56 bits per heavy atom. The van der Waals surface area contributed by atoms with Gasteiger partial charge >= 0.3 is 5.97 Å². The topological polar surface area (TPSA) is 101 Å². The predicted octanol–water partition coefficient (Wildman–Crippen LogP) is 5.33. The maximum Gasteiger partial charge on any atom is 0.338 e. The molecule has 0 spiro atoms. The van der Waals surface area contributed by atoms with E-state index in [9.17, 15) is 19.6 Å². The maximum atomic E-state index is 13.3. The van der Waals surface area contributed by atoms with Crippen molar-refractivity contribution in [1.82, 2.24) is 4.90 Å². The maximum absolute atomic E-state index is 13.3. The number of amides is 2. The molecule has 0 saturated carbocycles. The molecule has 2 heterocycles. The number of imide groups is 1. The Kier molecular flexibility index (Phi) is 7.32. The molecule has 1 aliphatic heterocycles. The van der Waals surface area contributed by atoms with Gasteiger partial charge in [-0.05, 0) is 60.9 Å². The molecular formula is C28H21BrN2O5. The first-order valence-electron chi connectivity index (χ1n) is 11.0. The molecule has 0 atom stereocenters. The molecular weight excluding hydrogens is 524 g/mol. The zero-order valence-corrected chi connectivity index (χ0v) is 21.2. The van der Waals surface area contributed by atoms with E-state index < -0.39 is 17.8 Å². The standard InChI is InChI=1S/C28H21BrN2O5/c1-17-22(26(32)31(27(33)24(17)16-30)13-12-18-6-4-3-5-7-18)15-20-9-11-25(36-20)21-10-8-19(29)14-23(21)28(34)35-2/h3-11,14-15H,12-13H2,1-2H3/b22-15-. The van der Waals surface area contributed by atoms with E-state index in [0.717, 1.165) is 10.5 Å². The number of carbonyl (C=O) groups is 3. The molecule has 0 aliphatic carbocycles. The lowest BCUT2D eigenvalue weighted by Gasteiger charge is -2.27. The van der Waals surface area contributed by atoms with Gasteiger partial charge in [0, 0.05) is 22.2 Å². The monoisotopic (exact) mass is 544 g/mol. The average molecular weight is 545 g/mol. The minimum atomic E-state index is -0.606. The zero-order chi connectivity index (χ0) is 25.8. The number of esters is 1. The van der Waals surface area contributed by atoms with Crippen molar-refractivity contribution in [1.29, 1.82) is 5.26 Å². The molecule has 7 nitrogen and oxygen atoms in total. The summed E-state index contributed by atoms with van der Waals surface area (Å²) in [5.41, 5.74) is 2.22. The van der Waals surface area contributed by atoms with Gasteiger partial charge in [0.2, 0.25) is 0 Å². The Balaban J connectivity index is 1.68. The van der Waals surface area contributed by atoms with E-state index in [-0.39, 0.29) is 17.7 Å². The summed E-state index contributed by atoms with van der Waals surface area (Å²) in [6, 6.07) is 19.9. The molecule has 36 heavy (non-hydrogen) atoms. The Morgan fingerprint density at radius 2 is 1.86 bits per heavy atom. The van der Waals surface area contributed by atoms with E-state index in [4.69, 9.17) is 9.15 Å². The van der Waals surface area contributed by atoms with Gasteiger partial charge in [-0.2, -0.15) is 5.26 Å². The van der Waals surface area contributed by atoms with Gasteiger partial charge in [0.1, 0.15) is 23.2 Å². The first-order valence-corrected chi connectivity index (χ1v) is 11.8. The van der Waals surface area contributed by atoms with Crippen molar-refractivity contribution < 1.29 is 23.5 Å². The molecule has 0 N–H and O–H groups in total. The largest absolute Gasteiger partial charge is 0.465 e.